The average Bonchev–Trinajstić information content (AvgIpc) is 2.49. The number of nitrogens with zero attached hydrogens (tertiary/aromatic N) is 2. The summed E-state index contributed by atoms with van der Waals surface area (Å²) >= 11 is 5.89. The minimum Gasteiger partial charge on any atom is -0.335 e. The third-order valence-electron chi connectivity index (χ3n) is 2.06. The number of aromatic nitrogens is 2. The van der Waals surface area contributed by atoms with Crippen molar-refractivity contribution in [1.82, 2.24) is 9.55 Å². The van der Waals surface area contributed by atoms with Crippen LogP contribution in [0.3, 0.4) is 0 Å². The number of imidazole rings is 1. The molecule has 0 spiro atoms. The van der Waals surface area contributed by atoms with Crippen LogP contribution in [-0.2, 0) is 13.0 Å². The summed E-state index contributed by atoms with van der Waals surface area (Å²) in [7, 11) is 0. The van der Waals surface area contributed by atoms with E-state index >= 15 is 0 Å². The maximum atomic E-state index is 5.89. The van der Waals surface area contributed by atoms with Crippen molar-refractivity contribution in [3.8, 4) is 0 Å². The van der Waals surface area contributed by atoms with E-state index in [0.29, 0.717) is 0 Å². The van der Waals surface area contributed by atoms with Crippen molar-refractivity contribution >= 4 is 11.6 Å². The van der Waals surface area contributed by atoms with E-state index in [1.54, 1.807) is 0 Å². The number of rotatable bonds is 5. The van der Waals surface area contributed by atoms with Crippen LogP contribution in [0.1, 0.15) is 32.4 Å². The summed E-state index contributed by atoms with van der Waals surface area (Å²) in [6.45, 7) is 5.27. The summed E-state index contributed by atoms with van der Waals surface area (Å²) in [5.41, 5.74) is 1.30. The van der Waals surface area contributed by atoms with E-state index in [1.807, 2.05) is 19.4 Å². The minimum absolute atomic E-state index is 0.255. The predicted octanol–water partition coefficient (Wildman–Crippen LogP) is 2.85. The third kappa shape index (κ3) is 3.39. The molecule has 0 aliphatic heterocycles. The molecule has 1 rings (SSSR count). The normalized spacial score (nSPS) is 13.2. The number of hydrogen-bond acceptors (Lipinski definition) is 1. The average molecular weight is 201 g/mol. The molecule has 0 N–H and O–H groups in total. The molecule has 13 heavy (non-hydrogen) atoms. The standard InChI is InChI=1S/C10H17ClN2/c1-3-6-13-8-12-7-10(13)5-4-9(2)11/h7-9H,3-6H2,1-2H3. The Morgan fingerprint density at radius 2 is 2.38 bits per heavy atom. The van der Waals surface area contributed by atoms with Crippen molar-refractivity contribution in [2.24, 2.45) is 0 Å². The Hall–Kier alpha value is -0.500. The van der Waals surface area contributed by atoms with Gasteiger partial charge < -0.3 is 4.57 Å². The molecular weight excluding hydrogens is 184 g/mol. The summed E-state index contributed by atoms with van der Waals surface area (Å²) in [5, 5.41) is 0.255. The van der Waals surface area contributed by atoms with E-state index in [4.69, 9.17) is 11.6 Å². The minimum atomic E-state index is 0.255. The van der Waals surface area contributed by atoms with E-state index < -0.39 is 0 Å². The van der Waals surface area contributed by atoms with Crippen LogP contribution < -0.4 is 0 Å². The van der Waals surface area contributed by atoms with Crippen LogP contribution >= 0.6 is 11.6 Å². The van der Waals surface area contributed by atoms with Gasteiger partial charge in [0, 0.05) is 23.8 Å². The summed E-state index contributed by atoms with van der Waals surface area (Å²) in [5.74, 6) is 0. The van der Waals surface area contributed by atoms with Crippen LogP contribution in [0.4, 0.5) is 0 Å². The first kappa shape index (κ1) is 10.6. The van der Waals surface area contributed by atoms with Gasteiger partial charge in [-0.1, -0.05) is 6.92 Å². The van der Waals surface area contributed by atoms with Gasteiger partial charge >= 0.3 is 0 Å². The number of hydrogen-bond donors (Lipinski definition) is 0. The molecule has 0 aliphatic carbocycles. The Balaban J connectivity index is 2.49. The molecular formula is C10H17ClN2. The fourth-order valence-corrected chi connectivity index (χ4v) is 1.45. The second-order valence-corrected chi connectivity index (χ2v) is 4.14. The van der Waals surface area contributed by atoms with Gasteiger partial charge in [0.2, 0.25) is 0 Å². The Bertz CT molecular complexity index is 243. The Kier molecular flexibility index (Phi) is 4.29. The highest BCUT2D eigenvalue weighted by atomic mass is 35.5. The van der Waals surface area contributed by atoms with Crippen molar-refractivity contribution in [2.75, 3.05) is 0 Å². The lowest BCUT2D eigenvalue weighted by Crippen LogP contribution is -2.03. The van der Waals surface area contributed by atoms with E-state index in [0.717, 1.165) is 25.8 Å². The fraction of sp³-hybridized carbons (Fsp3) is 0.700. The van der Waals surface area contributed by atoms with Gasteiger partial charge in [0.05, 0.1) is 6.33 Å². The maximum absolute atomic E-state index is 5.89. The van der Waals surface area contributed by atoms with Gasteiger partial charge in [-0.3, -0.25) is 0 Å². The molecule has 1 aromatic heterocycles. The molecule has 0 saturated heterocycles. The van der Waals surface area contributed by atoms with Gasteiger partial charge in [0.25, 0.3) is 0 Å². The molecule has 0 fully saturated rings. The highest BCUT2D eigenvalue weighted by molar-refractivity contribution is 6.20. The van der Waals surface area contributed by atoms with Crippen LogP contribution in [-0.4, -0.2) is 14.9 Å². The smallest absolute Gasteiger partial charge is 0.0948 e. The van der Waals surface area contributed by atoms with E-state index in [2.05, 4.69) is 16.5 Å². The van der Waals surface area contributed by atoms with Crippen LogP contribution in [0.25, 0.3) is 0 Å². The molecule has 0 bridgehead atoms. The van der Waals surface area contributed by atoms with Gasteiger partial charge in [0.15, 0.2) is 0 Å². The molecule has 0 radical (unpaired) electrons. The quantitative estimate of drug-likeness (QED) is 0.669. The van der Waals surface area contributed by atoms with E-state index in [9.17, 15) is 0 Å². The van der Waals surface area contributed by atoms with Crippen molar-refractivity contribution in [3.05, 3.63) is 18.2 Å². The Morgan fingerprint density at radius 1 is 1.62 bits per heavy atom. The molecule has 74 valence electrons. The summed E-state index contributed by atoms with van der Waals surface area (Å²) in [6.07, 6.45) is 7.05. The van der Waals surface area contributed by atoms with E-state index in [-0.39, 0.29) is 5.38 Å². The topological polar surface area (TPSA) is 17.8 Å². The lowest BCUT2D eigenvalue weighted by molar-refractivity contribution is 0.631. The molecule has 1 unspecified atom stereocenters. The lowest BCUT2D eigenvalue weighted by atomic mass is 10.2. The van der Waals surface area contributed by atoms with Gasteiger partial charge in [0.1, 0.15) is 0 Å². The highest BCUT2D eigenvalue weighted by Crippen LogP contribution is 2.08. The maximum Gasteiger partial charge on any atom is 0.0948 e. The molecule has 0 aromatic carbocycles. The molecule has 0 saturated carbocycles. The Morgan fingerprint density at radius 3 is 3.00 bits per heavy atom. The van der Waals surface area contributed by atoms with Gasteiger partial charge in [-0.05, 0) is 26.2 Å². The summed E-state index contributed by atoms with van der Waals surface area (Å²) in [6, 6.07) is 0. The van der Waals surface area contributed by atoms with Crippen LogP contribution in [0.2, 0.25) is 0 Å². The molecule has 2 nitrogen and oxygen atoms in total. The molecule has 1 atom stereocenters. The zero-order valence-corrected chi connectivity index (χ0v) is 9.09. The monoisotopic (exact) mass is 200 g/mol. The SMILES string of the molecule is CCCn1cncc1CCC(C)Cl. The second kappa shape index (κ2) is 5.28. The summed E-state index contributed by atoms with van der Waals surface area (Å²) < 4.78 is 2.21. The van der Waals surface area contributed by atoms with Crippen molar-refractivity contribution in [2.45, 2.75) is 45.0 Å². The molecule has 3 heteroatoms. The van der Waals surface area contributed by atoms with Gasteiger partial charge in [-0.25, -0.2) is 4.98 Å². The Labute approximate surface area is 84.9 Å². The number of aryl methyl sites for hydroxylation is 2. The van der Waals surface area contributed by atoms with Gasteiger partial charge in [-0.2, -0.15) is 0 Å². The van der Waals surface area contributed by atoms with Crippen molar-refractivity contribution < 1.29 is 0 Å². The first-order valence-electron chi connectivity index (χ1n) is 4.87. The summed E-state index contributed by atoms with van der Waals surface area (Å²) in [4.78, 5) is 4.14. The highest BCUT2D eigenvalue weighted by Gasteiger charge is 2.03. The molecule has 1 heterocycles. The van der Waals surface area contributed by atoms with Crippen LogP contribution in [0.15, 0.2) is 12.5 Å². The second-order valence-electron chi connectivity index (χ2n) is 3.40. The van der Waals surface area contributed by atoms with Crippen molar-refractivity contribution in [3.63, 3.8) is 0 Å². The molecule has 0 amide bonds. The molecule has 0 aliphatic rings. The number of halogens is 1. The fourth-order valence-electron chi connectivity index (χ4n) is 1.35. The molecule has 1 aromatic rings. The van der Waals surface area contributed by atoms with Crippen LogP contribution in [0.5, 0.6) is 0 Å². The first-order valence-corrected chi connectivity index (χ1v) is 5.30. The number of alkyl halides is 1. The predicted molar refractivity (Wildman–Crippen MR) is 56.2 cm³/mol. The van der Waals surface area contributed by atoms with Crippen LogP contribution in [0, 0.1) is 0 Å². The third-order valence-corrected chi connectivity index (χ3v) is 2.28. The van der Waals surface area contributed by atoms with Gasteiger partial charge in [-0.15, -0.1) is 11.6 Å². The zero-order valence-electron chi connectivity index (χ0n) is 8.33. The van der Waals surface area contributed by atoms with E-state index in [1.165, 1.54) is 5.69 Å². The lowest BCUT2D eigenvalue weighted by Gasteiger charge is -2.06. The first-order chi connectivity index (χ1) is 6.24. The van der Waals surface area contributed by atoms with Crippen molar-refractivity contribution in [1.29, 1.82) is 0 Å². The zero-order chi connectivity index (χ0) is 9.68. The largest absolute Gasteiger partial charge is 0.335 e.